The van der Waals surface area contributed by atoms with Gasteiger partial charge >= 0.3 is 23.9 Å². The molecule has 4 atom stereocenters. The van der Waals surface area contributed by atoms with Crippen molar-refractivity contribution < 1.29 is 39.6 Å². The molecule has 0 radical (unpaired) electrons. The van der Waals surface area contributed by atoms with Crippen molar-refractivity contribution in [3.63, 3.8) is 0 Å². The normalized spacial score (nSPS) is 16.9. The van der Waals surface area contributed by atoms with Gasteiger partial charge in [-0.2, -0.15) is 0 Å². The van der Waals surface area contributed by atoms with Crippen molar-refractivity contribution in [3.8, 4) is 0 Å². The van der Waals surface area contributed by atoms with Crippen molar-refractivity contribution in [2.75, 3.05) is 0 Å². The standard InChI is InChI=1S/C11H16O8/c1-4(8(12)13)3-6(10(16)17)7(11(18)19)5(2)9(14)15/h4-7H,3H2,1-2H3,(H,12,13)(H,14,15)(H,16,17)(H,18,19). The summed E-state index contributed by atoms with van der Waals surface area (Å²) in [5, 5.41) is 35.5. The summed E-state index contributed by atoms with van der Waals surface area (Å²) >= 11 is 0. The molecule has 0 aliphatic carbocycles. The van der Waals surface area contributed by atoms with Gasteiger partial charge in [0.2, 0.25) is 0 Å². The van der Waals surface area contributed by atoms with Crippen molar-refractivity contribution >= 4 is 23.9 Å². The van der Waals surface area contributed by atoms with E-state index in [0.29, 0.717) is 0 Å². The molecule has 0 fully saturated rings. The van der Waals surface area contributed by atoms with Crippen LogP contribution in [0.5, 0.6) is 0 Å². The fourth-order valence-electron chi connectivity index (χ4n) is 1.77. The maximum atomic E-state index is 11.1. The molecule has 0 heterocycles. The van der Waals surface area contributed by atoms with Crippen LogP contribution < -0.4 is 0 Å². The SMILES string of the molecule is CC(CC(C(=O)O)C(C(=O)O)C(C)C(=O)O)C(=O)O. The van der Waals surface area contributed by atoms with Gasteiger partial charge in [-0.15, -0.1) is 0 Å². The molecule has 0 aliphatic heterocycles. The van der Waals surface area contributed by atoms with E-state index in [9.17, 15) is 19.2 Å². The lowest BCUT2D eigenvalue weighted by Crippen LogP contribution is -2.39. The van der Waals surface area contributed by atoms with Crippen molar-refractivity contribution in [3.05, 3.63) is 0 Å². The Morgan fingerprint density at radius 1 is 0.789 bits per heavy atom. The van der Waals surface area contributed by atoms with Gasteiger partial charge in [0, 0.05) is 0 Å². The molecule has 108 valence electrons. The number of carbonyl (C=O) groups is 4. The molecule has 0 aliphatic rings. The molecule has 0 saturated heterocycles. The van der Waals surface area contributed by atoms with E-state index in [1.54, 1.807) is 0 Å². The first kappa shape index (κ1) is 16.9. The summed E-state index contributed by atoms with van der Waals surface area (Å²) in [6.07, 6.45) is -0.445. The number of carboxylic acids is 4. The Kier molecular flexibility index (Phi) is 5.97. The van der Waals surface area contributed by atoms with Crippen molar-refractivity contribution in [2.24, 2.45) is 23.7 Å². The first-order valence-corrected chi connectivity index (χ1v) is 5.50. The molecule has 0 amide bonds. The maximum Gasteiger partial charge on any atom is 0.308 e. The van der Waals surface area contributed by atoms with Gasteiger partial charge in [-0.3, -0.25) is 19.2 Å². The van der Waals surface area contributed by atoms with E-state index in [1.165, 1.54) is 6.92 Å². The highest BCUT2D eigenvalue weighted by atomic mass is 16.4. The van der Waals surface area contributed by atoms with Crippen LogP contribution >= 0.6 is 0 Å². The van der Waals surface area contributed by atoms with Crippen LogP contribution in [-0.2, 0) is 19.2 Å². The van der Waals surface area contributed by atoms with Crippen molar-refractivity contribution in [2.45, 2.75) is 20.3 Å². The molecule has 4 N–H and O–H groups in total. The Morgan fingerprint density at radius 3 is 1.53 bits per heavy atom. The summed E-state index contributed by atoms with van der Waals surface area (Å²) in [5.41, 5.74) is 0. The molecule has 0 bridgehead atoms. The molecule has 0 spiro atoms. The average molecular weight is 276 g/mol. The Morgan fingerprint density at radius 2 is 1.26 bits per heavy atom. The van der Waals surface area contributed by atoms with Crippen LogP contribution in [0.25, 0.3) is 0 Å². The number of hydrogen-bond donors (Lipinski definition) is 4. The van der Waals surface area contributed by atoms with Gasteiger partial charge in [0.15, 0.2) is 0 Å². The highest BCUT2D eigenvalue weighted by Gasteiger charge is 2.42. The quantitative estimate of drug-likeness (QED) is 0.491. The average Bonchev–Trinajstić information content (AvgIpc) is 2.26. The van der Waals surface area contributed by atoms with Gasteiger partial charge in [0.1, 0.15) is 0 Å². The third-order valence-electron chi connectivity index (χ3n) is 2.99. The summed E-state index contributed by atoms with van der Waals surface area (Å²) < 4.78 is 0. The zero-order valence-corrected chi connectivity index (χ0v) is 10.4. The van der Waals surface area contributed by atoms with Gasteiger partial charge in [0.25, 0.3) is 0 Å². The van der Waals surface area contributed by atoms with Gasteiger partial charge in [-0.25, -0.2) is 0 Å². The summed E-state index contributed by atoms with van der Waals surface area (Å²) in [6.45, 7) is 2.32. The molecular weight excluding hydrogens is 260 g/mol. The second-order valence-corrected chi connectivity index (χ2v) is 4.41. The van der Waals surface area contributed by atoms with Crippen LogP contribution in [-0.4, -0.2) is 44.3 Å². The monoisotopic (exact) mass is 276 g/mol. The van der Waals surface area contributed by atoms with Crippen LogP contribution in [0.1, 0.15) is 20.3 Å². The Hall–Kier alpha value is -2.12. The molecule has 8 nitrogen and oxygen atoms in total. The highest BCUT2D eigenvalue weighted by Crippen LogP contribution is 2.28. The maximum absolute atomic E-state index is 11.1. The number of aliphatic carboxylic acids is 4. The minimum absolute atomic E-state index is 0.445. The van der Waals surface area contributed by atoms with Gasteiger partial charge in [-0.1, -0.05) is 13.8 Å². The fraction of sp³-hybridized carbons (Fsp3) is 0.636. The fourth-order valence-corrected chi connectivity index (χ4v) is 1.77. The zero-order chi connectivity index (χ0) is 15.3. The minimum atomic E-state index is -1.68. The van der Waals surface area contributed by atoms with Gasteiger partial charge < -0.3 is 20.4 Å². The smallest absolute Gasteiger partial charge is 0.308 e. The first-order chi connectivity index (χ1) is 8.59. The molecule has 4 unspecified atom stereocenters. The lowest BCUT2D eigenvalue weighted by atomic mass is 9.78. The Balaban J connectivity index is 5.31. The van der Waals surface area contributed by atoms with Crippen LogP contribution in [0.15, 0.2) is 0 Å². The number of rotatable bonds is 8. The third kappa shape index (κ3) is 4.57. The lowest BCUT2D eigenvalue weighted by molar-refractivity contribution is -0.162. The highest BCUT2D eigenvalue weighted by molar-refractivity contribution is 5.85. The van der Waals surface area contributed by atoms with Crippen LogP contribution in [0.4, 0.5) is 0 Å². The molecule has 0 rings (SSSR count). The predicted octanol–water partition coefficient (Wildman–Crippen LogP) is 0.219. The first-order valence-electron chi connectivity index (χ1n) is 5.50. The van der Waals surface area contributed by atoms with E-state index in [0.717, 1.165) is 6.92 Å². The number of hydrogen-bond acceptors (Lipinski definition) is 4. The van der Waals surface area contributed by atoms with E-state index in [-0.39, 0.29) is 0 Å². The third-order valence-corrected chi connectivity index (χ3v) is 2.99. The second kappa shape index (κ2) is 6.72. The molecule has 0 aromatic rings. The van der Waals surface area contributed by atoms with Gasteiger partial charge in [0.05, 0.1) is 23.7 Å². The van der Waals surface area contributed by atoms with Crippen molar-refractivity contribution in [1.29, 1.82) is 0 Å². The lowest BCUT2D eigenvalue weighted by Gasteiger charge is -2.24. The van der Waals surface area contributed by atoms with E-state index >= 15 is 0 Å². The summed E-state index contributed by atoms with van der Waals surface area (Å²) in [7, 11) is 0. The van der Waals surface area contributed by atoms with Crippen LogP contribution in [0.3, 0.4) is 0 Å². The van der Waals surface area contributed by atoms with E-state index in [2.05, 4.69) is 0 Å². The van der Waals surface area contributed by atoms with E-state index in [1.807, 2.05) is 0 Å². The Bertz CT molecular complexity index is 388. The summed E-state index contributed by atoms with van der Waals surface area (Å²) in [6, 6.07) is 0. The molecule has 0 saturated carbocycles. The van der Waals surface area contributed by atoms with Crippen molar-refractivity contribution in [1.82, 2.24) is 0 Å². The number of carboxylic acid groups (broad SMARTS) is 4. The molecule has 0 aromatic carbocycles. The van der Waals surface area contributed by atoms with Crippen LogP contribution in [0, 0.1) is 23.7 Å². The molecule has 19 heavy (non-hydrogen) atoms. The predicted molar refractivity (Wildman–Crippen MR) is 60.5 cm³/mol. The van der Waals surface area contributed by atoms with E-state index < -0.39 is 54.0 Å². The van der Waals surface area contributed by atoms with Crippen LogP contribution in [0.2, 0.25) is 0 Å². The van der Waals surface area contributed by atoms with Gasteiger partial charge in [-0.05, 0) is 6.42 Å². The topological polar surface area (TPSA) is 149 Å². The zero-order valence-electron chi connectivity index (χ0n) is 10.4. The largest absolute Gasteiger partial charge is 0.481 e. The van der Waals surface area contributed by atoms with E-state index in [4.69, 9.17) is 20.4 Å². The second-order valence-electron chi connectivity index (χ2n) is 4.41. The molecule has 0 aromatic heterocycles. The summed E-state index contributed by atoms with van der Waals surface area (Å²) in [4.78, 5) is 43.7. The summed E-state index contributed by atoms with van der Waals surface area (Å²) in [5.74, 6) is -11.6. The minimum Gasteiger partial charge on any atom is -0.481 e. The Labute approximate surface area is 108 Å². The molecule has 8 heteroatoms. The molecular formula is C11H16O8.